The van der Waals surface area contributed by atoms with Gasteiger partial charge >= 0.3 is 5.97 Å². The molecule has 35 heavy (non-hydrogen) atoms. The summed E-state index contributed by atoms with van der Waals surface area (Å²) in [6, 6.07) is 13.0. The topological polar surface area (TPSA) is 76.0 Å². The number of likely N-dealkylation sites (tertiary alicyclic amines) is 1. The van der Waals surface area contributed by atoms with Gasteiger partial charge in [0.25, 0.3) is 0 Å². The van der Waals surface area contributed by atoms with Crippen LogP contribution >= 0.6 is 35.0 Å². The summed E-state index contributed by atoms with van der Waals surface area (Å²) >= 11 is 14.1. The number of halogens is 2. The van der Waals surface area contributed by atoms with Gasteiger partial charge < -0.3 is 9.64 Å². The van der Waals surface area contributed by atoms with Crippen LogP contribution in [0.1, 0.15) is 24.0 Å². The highest BCUT2D eigenvalue weighted by Crippen LogP contribution is 2.35. The lowest BCUT2D eigenvalue weighted by molar-refractivity contribution is -0.133. The minimum absolute atomic E-state index is 0.0770. The zero-order valence-electron chi connectivity index (χ0n) is 19.5. The van der Waals surface area contributed by atoms with Crippen molar-refractivity contribution in [3.63, 3.8) is 0 Å². The quantitative estimate of drug-likeness (QED) is 0.208. The second-order valence-corrected chi connectivity index (χ2v) is 9.57. The summed E-state index contributed by atoms with van der Waals surface area (Å²) in [6.45, 7) is 0.836. The first-order valence-corrected chi connectivity index (χ1v) is 13.0. The average Bonchev–Trinajstić information content (AvgIpc) is 2.89. The van der Waals surface area contributed by atoms with Gasteiger partial charge in [0.05, 0.1) is 17.2 Å². The van der Waals surface area contributed by atoms with E-state index in [0.29, 0.717) is 41.5 Å². The summed E-state index contributed by atoms with van der Waals surface area (Å²) in [7, 11) is 1.27. The predicted molar refractivity (Wildman–Crippen MR) is 141 cm³/mol. The monoisotopic (exact) mass is 532 g/mol. The summed E-state index contributed by atoms with van der Waals surface area (Å²) in [4.78, 5) is 44.3. The lowest BCUT2D eigenvalue weighted by Crippen LogP contribution is -2.39. The molecule has 1 aliphatic rings. The minimum Gasteiger partial charge on any atom is -0.465 e. The van der Waals surface area contributed by atoms with Crippen LogP contribution < -0.4 is 0 Å². The molecule has 0 aliphatic carbocycles. The number of methoxy groups -OCH3 is 1. The van der Waals surface area contributed by atoms with Crippen molar-refractivity contribution in [2.75, 3.05) is 26.5 Å². The molecule has 0 unspecified atom stereocenters. The van der Waals surface area contributed by atoms with Crippen molar-refractivity contribution in [2.24, 2.45) is 10.9 Å². The van der Waals surface area contributed by atoms with Crippen molar-refractivity contribution < 1.29 is 19.1 Å². The van der Waals surface area contributed by atoms with Crippen LogP contribution in [0.5, 0.6) is 0 Å². The van der Waals surface area contributed by atoms with Crippen LogP contribution in [0, 0.1) is 5.92 Å². The van der Waals surface area contributed by atoms with E-state index in [-0.39, 0.29) is 29.9 Å². The molecule has 6 nitrogen and oxygen atoms in total. The predicted octanol–water partition coefficient (Wildman–Crippen LogP) is 5.35. The number of aliphatic imine (C=N–C) groups is 1. The smallest absolute Gasteiger partial charge is 0.352 e. The third-order valence-corrected chi connectivity index (χ3v) is 7.53. The van der Waals surface area contributed by atoms with Crippen molar-refractivity contribution in [3.8, 4) is 0 Å². The minimum atomic E-state index is -0.621. The molecule has 3 rings (SSSR count). The highest BCUT2D eigenvalue weighted by Gasteiger charge is 2.27. The summed E-state index contributed by atoms with van der Waals surface area (Å²) < 4.78 is 4.81. The van der Waals surface area contributed by atoms with E-state index < -0.39 is 5.97 Å². The number of piperidine rings is 1. The van der Waals surface area contributed by atoms with Crippen LogP contribution in [0.4, 0.5) is 0 Å². The molecule has 2 aromatic carbocycles. The van der Waals surface area contributed by atoms with Crippen LogP contribution in [0.25, 0.3) is 6.08 Å². The van der Waals surface area contributed by atoms with Crippen LogP contribution in [0.3, 0.4) is 0 Å². The molecule has 0 N–H and O–H groups in total. The normalized spacial score (nSPS) is 14.9. The number of benzene rings is 2. The van der Waals surface area contributed by atoms with Gasteiger partial charge in [0.1, 0.15) is 5.71 Å². The number of ether oxygens (including phenoxy) is 1. The Morgan fingerprint density at radius 1 is 1.09 bits per heavy atom. The maximum atomic E-state index is 12.8. The molecule has 1 aliphatic heterocycles. The van der Waals surface area contributed by atoms with E-state index in [0.717, 1.165) is 10.5 Å². The summed E-state index contributed by atoms with van der Waals surface area (Å²) in [5, 5.41) is 0.869. The van der Waals surface area contributed by atoms with Gasteiger partial charge in [0, 0.05) is 36.4 Å². The Bertz CT molecular complexity index is 1140. The van der Waals surface area contributed by atoms with Crippen molar-refractivity contribution in [1.29, 1.82) is 0 Å². The molecule has 1 saturated heterocycles. The number of esters is 1. The number of hydrogen-bond donors (Lipinski definition) is 0. The fourth-order valence-corrected chi connectivity index (χ4v) is 4.91. The number of carbonyl (C=O) groups is 3. The molecule has 9 heteroatoms. The summed E-state index contributed by atoms with van der Waals surface area (Å²) in [5.74, 6) is -1.51. The molecule has 1 fully saturated rings. The van der Waals surface area contributed by atoms with Gasteiger partial charge in [-0.1, -0.05) is 59.6 Å². The Labute approximate surface area is 219 Å². The maximum absolute atomic E-state index is 12.8. The van der Waals surface area contributed by atoms with Crippen molar-refractivity contribution in [1.82, 2.24) is 4.90 Å². The molecule has 2 amide bonds. The van der Waals surface area contributed by atoms with Gasteiger partial charge in [0.15, 0.2) is 0 Å². The van der Waals surface area contributed by atoms with Gasteiger partial charge in [-0.2, -0.15) is 0 Å². The molecule has 0 atom stereocenters. The number of carbonyl (C=O) groups excluding carboxylic acids is 3. The third-order valence-electron chi connectivity index (χ3n) is 5.74. The first kappa shape index (κ1) is 27.0. The molecule has 184 valence electrons. The Balaban J connectivity index is 1.60. The molecular formula is C26H26Cl2N2O4S. The molecule has 0 radical (unpaired) electrons. The maximum Gasteiger partial charge on any atom is 0.352 e. The van der Waals surface area contributed by atoms with Crippen LogP contribution in [-0.4, -0.2) is 54.9 Å². The standard InChI is InChI=1S/C26H26Cl2N2O4S/c1-34-26(33)20(16-17-6-4-3-5-7-17)29-25(32)19-12-14-30(15-13-19)22(31)11-9-18-8-10-21(35-2)24(28)23(18)27/h3-11,19H,12-16H2,1-2H3/b11-9+,29-20+. The van der Waals surface area contributed by atoms with Gasteiger partial charge in [-0.05, 0) is 42.4 Å². The highest BCUT2D eigenvalue weighted by molar-refractivity contribution is 7.98. The van der Waals surface area contributed by atoms with Crippen LogP contribution in [0.15, 0.2) is 58.4 Å². The second-order valence-electron chi connectivity index (χ2n) is 7.97. The summed E-state index contributed by atoms with van der Waals surface area (Å²) in [5.41, 5.74) is 1.60. The molecule has 0 spiro atoms. The Morgan fingerprint density at radius 2 is 1.77 bits per heavy atom. The van der Waals surface area contributed by atoms with E-state index in [1.807, 2.05) is 48.7 Å². The number of thioether (sulfide) groups is 1. The lowest BCUT2D eigenvalue weighted by atomic mass is 9.95. The van der Waals surface area contributed by atoms with E-state index in [4.69, 9.17) is 27.9 Å². The average molecular weight is 533 g/mol. The van der Waals surface area contributed by atoms with E-state index >= 15 is 0 Å². The first-order valence-electron chi connectivity index (χ1n) is 11.1. The second kappa shape index (κ2) is 12.9. The first-order chi connectivity index (χ1) is 16.8. The van der Waals surface area contributed by atoms with E-state index in [2.05, 4.69) is 4.99 Å². The largest absolute Gasteiger partial charge is 0.465 e. The van der Waals surface area contributed by atoms with Gasteiger partial charge in [-0.25, -0.2) is 9.79 Å². The summed E-state index contributed by atoms with van der Waals surface area (Å²) in [6.07, 6.45) is 6.18. The Hall–Kier alpha value is -2.61. The SMILES string of the molecule is COC(=O)/C(Cc1ccccc1)=N/C(=O)C1CCN(C(=O)/C=C/c2ccc(SC)c(Cl)c2Cl)CC1. The fraction of sp³-hybridized carbons (Fsp3) is 0.308. The third kappa shape index (κ3) is 7.19. The Kier molecular flexibility index (Phi) is 9.95. The Morgan fingerprint density at radius 3 is 2.40 bits per heavy atom. The van der Waals surface area contributed by atoms with Crippen molar-refractivity contribution in [3.05, 3.63) is 69.7 Å². The van der Waals surface area contributed by atoms with Gasteiger partial charge in [0.2, 0.25) is 11.8 Å². The van der Waals surface area contributed by atoms with Crippen molar-refractivity contribution >= 4 is 64.5 Å². The van der Waals surface area contributed by atoms with E-state index in [9.17, 15) is 14.4 Å². The highest BCUT2D eigenvalue weighted by atomic mass is 35.5. The molecule has 2 aromatic rings. The molecule has 0 bridgehead atoms. The molecular weight excluding hydrogens is 507 g/mol. The molecule has 0 aromatic heterocycles. The number of nitrogens with zero attached hydrogens (tertiary/aromatic N) is 2. The zero-order chi connectivity index (χ0) is 25.4. The van der Waals surface area contributed by atoms with E-state index in [1.54, 1.807) is 11.0 Å². The zero-order valence-corrected chi connectivity index (χ0v) is 21.8. The van der Waals surface area contributed by atoms with Crippen molar-refractivity contribution in [2.45, 2.75) is 24.2 Å². The van der Waals surface area contributed by atoms with Crippen LogP contribution in [0.2, 0.25) is 10.0 Å². The number of amides is 2. The molecule has 0 saturated carbocycles. The number of rotatable bonds is 7. The van der Waals surface area contributed by atoms with E-state index in [1.165, 1.54) is 24.9 Å². The van der Waals surface area contributed by atoms with Gasteiger partial charge in [-0.3, -0.25) is 9.59 Å². The van der Waals surface area contributed by atoms with Gasteiger partial charge in [-0.15, -0.1) is 11.8 Å². The van der Waals surface area contributed by atoms with Crippen LogP contribution in [-0.2, 0) is 25.5 Å². The lowest BCUT2D eigenvalue weighted by Gasteiger charge is -2.29. The number of hydrogen-bond acceptors (Lipinski definition) is 5. The fourth-order valence-electron chi connectivity index (χ4n) is 3.74. The molecule has 1 heterocycles.